The van der Waals surface area contributed by atoms with Gasteiger partial charge in [0.1, 0.15) is 0 Å². The number of nitrogens with two attached hydrogens (primary N) is 1. The SMILES string of the molecule is Nc1nc2ccccc2n1C(=O)C1Cc2ccccc2C1. The van der Waals surface area contributed by atoms with Gasteiger partial charge in [0.2, 0.25) is 11.9 Å². The van der Waals surface area contributed by atoms with Crippen LogP contribution in [0.2, 0.25) is 0 Å². The molecule has 1 aromatic heterocycles. The van der Waals surface area contributed by atoms with Crippen LogP contribution in [0.4, 0.5) is 5.95 Å². The molecule has 4 rings (SSSR count). The second-order valence-corrected chi connectivity index (χ2v) is 5.51. The van der Waals surface area contributed by atoms with Crippen molar-refractivity contribution in [1.29, 1.82) is 0 Å². The molecular formula is C17H15N3O. The van der Waals surface area contributed by atoms with E-state index >= 15 is 0 Å². The molecule has 0 radical (unpaired) electrons. The molecule has 0 unspecified atom stereocenters. The van der Waals surface area contributed by atoms with Gasteiger partial charge < -0.3 is 5.73 Å². The molecule has 0 spiro atoms. The zero-order chi connectivity index (χ0) is 14.4. The van der Waals surface area contributed by atoms with Crippen LogP contribution >= 0.6 is 0 Å². The zero-order valence-corrected chi connectivity index (χ0v) is 11.5. The van der Waals surface area contributed by atoms with E-state index in [2.05, 4.69) is 17.1 Å². The predicted octanol–water partition coefficient (Wildman–Crippen LogP) is 2.67. The van der Waals surface area contributed by atoms with Crippen LogP contribution in [-0.4, -0.2) is 15.5 Å². The first-order valence-corrected chi connectivity index (χ1v) is 7.08. The van der Waals surface area contributed by atoms with Crippen LogP contribution in [0.1, 0.15) is 15.9 Å². The summed E-state index contributed by atoms with van der Waals surface area (Å²) >= 11 is 0. The first-order chi connectivity index (χ1) is 10.2. The summed E-state index contributed by atoms with van der Waals surface area (Å²) in [6.45, 7) is 0. The van der Waals surface area contributed by atoms with E-state index in [0.29, 0.717) is 0 Å². The number of aromatic nitrogens is 2. The molecule has 0 atom stereocenters. The third-order valence-electron chi connectivity index (χ3n) is 4.21. The number of imidazole rings is 1. The number of carbonyl (C=O) groups is 1. The van der Waals surface area contributed by atoms with Crippen molar-refractivity contribution in [3.63, 3.8) is 0 Å². The van der Waals surface area contributed by atoms with Crippen molar-refractivity contribution in [2.45, 2.75) is 12.8 Å². The molecule has 2 N–H and O–H groups in total. The summed E-state index contributed by atoms with van der Waals surface area (Å²) in [5, 5.41) is 0. The highest BCUT2D eigenvalue weighted by Gasteiger charge is 2.30. The Hall–Kier alpha value is -2.62. The average Bonchev–Trinajstić information content (AvgIpc) is 3.06. The molecule has 4 heteroatoms. The predicted molar refractivity (Wildman–Crippen MR) is 82.1 cm³/mol. The maximum atomic E-state index is 12.9. The molecule has 2 aromatic carbocycles. The van der Waals surface area contributed by atoms with E-state index in [9.17, 15) is 4.79 Å². The third kappa shape index (κ3) is 1.83. The van der Waals surface area contributed by atoms with Crippen LogP contribution in [0.15, 0.2) is 48.5 Å². The van der Waals surface area contributed by atoms with Gasteiger partial charge >= 0.3 is 0 Å². The summed E-state index contributed by atoms with van der Waals surface area (Å²) in [5.41, 5.74) is 10.0. The van der Waals surface area contributed by atoms with Crippen molar-refractivity contribution in [3.05, 3.63) is 59.7 Å². The molecule has 21 heavy (non-hydrogen) atoms. The van der Waals surface area contributed by atoms with Crippen molar-refractivity contribution in [2.75, 3.05) is 5.73 Å². The highest BCUT2D eigenvalue weighted by molar-refractivity contribution is 5.95. The number of nitrogen functional groups attached to an aromatic ring is 1. The fraction of sp³-hybridized carbons (Fsp3) is 0.176. The van der Waals surface area contributed by atoms with Gasteiger partial charge in [0.05, 0.1) is 11.0 Å². The normalized spacial score (nSPS) is 14.5. The molecule has 104 valence electrons. The Bertz CT molecular complexity index is 825. The minimum Gasteiger partial charge on any atom is -0.369 e. The van der Waals surface area contributed by atoms with Crippen LogP contribution in [0.3, 0.4) is 0 Å². The van der Waals surface area contributed by atoms with Crippen molar-refractivity contribution in [2.24, 2.45) is 5.92 Å². The Morgan fingerprint density at radius 2 is 1.67 bits per heavy atom. The van der Waals surface area contributed by atoms with Crippen molar-refractivity contribution in [1.82, 2.24) is 9.55 Å². The summed E-state index contributed by atoms with van der Waals surface area (Å²) in [7, 11) is 0. The Morgan fingerprint density at radius 1 is 1.05 bits per heavy atom. The van der Waals surface area contributed by atoms with E-state index in [-0.39, 0.29) is 17.8 Å². The minimum atomic E-state index is -0.0534. The Morgan fingerprint density at radius 3 is 2.38 bits per heavy atom. The Balaban J connectivity index is 1.74. The van der Waals surface area contributed by atoms with Gasteiger partial charge in [-0.15, -0.1) is 0 Å². The highest BCUT2D eigenvalue weighted by Crippen LogP contribution is 2.29. The first-order valence-electron chi connectivity index (χ1n) is 7.08. The fourth-order valence-corrected chi connectivity index (χ4v) is 3.19. The number of benzene rings is 2. The van der Waals surface area contributed by atoms with E-state index in [1.807, 2.05) is 36.4 Å². The molecule has 4 nitrogen and oxygen atoms in total. The van der Waals surface area contributed by atoms with Gasteiger partial charge in [0.15, 0.2) is 0 Å². The largest absolute Gasteiger partial charge is 0.369 e. The number of fused-ring (bicyclic) bond motifs is 2. The van der Waals surface area contributed by atoms with E-state index in [1.165, 1.54) is 11.1 Å². The van der Waals surface area contributed by atoms with E-state index in [1.54, 1.807) is 4.57 Å². The Kier molecular flexibility index (Phi) is 2.57. The lowest BCUT2D eigenvalue weighted by atomic mass is 10.1. The lowest BCUT2D eigenvalue weighted by molar-refractivity contribution is 0.0847. The summed E-state index contributed by atoms with van der Waals surface area (Å²) in [6.07, 6.45) is 1.56. The van der Waals surface area contributed by atoms with Gasteiger partial charge in [0.25, 0.3) is 0 Å². The van der Waals surface area contributed by atoms with Gasteiger partial charge in [0, 0.05) is 5.92 Å². The van der Waals surface area contributed by atoms with Gasteiger partial charge in [-0.1, -0.05) is 36.4 Å². The molecule has 0 fully saturated rings. The molecule has 0 amide bonds. The molecule has 1 heterocycles. The van der Waals surface area contributed by atoms with E-state index in [4.69, 9.17) is 5.73 Å². The van der Waals surface area contributed by atoms with Gasteiger partial charge in [-0.05, 0) is 36.1 Å². The number of anilines is 1. The zero-order valence-electron chi connectivity index (χ0n) is 11.5. The number of nitrogens with zero attached hydrogens (tertiary/aromatic N) is 2. The summed E-state index contributed by atoms with van der Waals surface area (Å²) in [5.74, 6) is 0.261. The maximum Gasteiger partial charge on any atom is 0.237 e. The van der Waals surface area contributed by atoms with Crippen LogP contribution < -0.4 is 5.73 Å². The smallest absolute Gasteiger partial charge is 0.237 e. The number of para-hydroxylation sites is 2. The van der Waals surface area contributed by atoms with Crippen LogP contribution in [-0.2, 0) is 12.8 Å². The summed E-state index contributed by atoms with van der Waals surface area (Å²) < 4.78 is 1.56. The van der Waals surface area contributed by atoms with Crippen LogP contribution in [0.25, 0.3) is 11.0 Å². The number of rotatable bonds is 1. The molecule has 1 aliphatic rings. The molecule has 0 saturated carbocycles. The molecule has 0 saturated heterocycles. The monoisotopic (exact) mass is 277 g/mol. The van der Waals surface area contributed by atoms with Crippen molar-refractivity contribution in [3.8, 4) is 0 Å². The number of carbonyl (C=O) groups excluding carboxylic acids is 1. The number of hydrogen-bond donors (Lipinski definition) is 1. The fourth-order valence-electron chi connectivity index (χ4n) is 3.19. The van der Waals surface area contributed by atoms with Crippen LogP contribution in [0.5, 0.6) is 0 Å². The van der Waals surface area contributed by atoms with E-state index in [0.717, 1.165) is 23.9 Å². The first kappa shape index (κ1) is 12.1. The standard InChI is InChI=1S/C17H15N3O/c18-17-19-14-7-3-4-8-15(14)20(17)16(21)13-9-11-5-1-2-6-12(11)10-13/h1-8,13H,9-10H2,(H2,18,19). The van der Waals surface area contributed by atoms with Gasteiger partial charge in [-0.3, -0.25) is 4.79 Å². The topological polar surface area (TPSA) is 60.9 Å². The molecular weight excluding hydrogens is 262 g/mol. The lowest BCUT2D eigenvalue weighted by Crippen LogP contribution is -2.23. The minimum absolute atomic E-state index is 0.0393. The highest BCUT2D eigenvalue weighted by atomic mass is 16.2. The van der Waals surface area contributed by atoms with E-state index < -0.39 is 0 Å². The average molecular weight is 277 g/mol. The maximum absolute atomic E-state index is 12.9. The molecule has 0 bridgehead atoms. The summed E-state index contributed by atoms with van der Waals surface area (Å²) in [4.78, 5) is 17.1. The second-order valence-electron chi connectivity index (χ2n) is 5.51. The summed E-state index contributed by atoms with van der Waals surface area (Å²) in [6, 6.07) is 15.8. The molecule has 1 aliphatic carbocycles. The quantitative estimate of drug-likeness (QED) is 0.744. The van der Waals surface area contributed by atoms with Gasteiger partial charge in [-0.25, -0.2) is 9.55 Å². The molecule has 3 aromatic rings. The van der Waals surface area contributed by atoms with Crippen molar-refractivity contribution >= 4 is 22.9 Å². The lowest BCUT2D eigenvalue weighted by Gasteiger charge is -2.10. The third-order valence-corrected chi connectivity index (χ3v) is 4.21. The van der Waals surface area contributed by atoms with Crippen LogP contribution in [0, 0.1) is 5.92 Å². The second kappa shape index (κ2) is 4.45. The number of hydrogen-bond acceptors (Lipinski definition) is 3. The van der Waals surface area contributed by atoms with Gasteiger partial charge in [-0.2, -0.15) is 0 Å². The Labute approximate surface area is 122 Å². The molecule has 0 aliphatic heterocycles. The van der Waals surface area contributed by atoms with Crippen molar-refractivity contribution < 1.29 is 4.79 Å².